The molecule has 9 nitrogen and oxygen atoms in total. The van der Waals surface area contributed by atoms with Gasteiger partial charge < -0.3 is 14.2 Å². The predicted molar refractivity (Wildman–Crippen MR) is 154 cm³/mol. The van der Waals surface area contributed by atoms with Crippen molar-refractivity contribution in [1.82, 2.24) is 29.6 Å². The highest BCUT2D eigenvalue weighted by atomic mass is 19.4. The van der Waals surface area contributed by atoms with Gasteiger partial charge in [0.05, 0.1) is 22.6 Å². The Bertz CT molecular complexity index is 1710. The Balaban J connectivity index is 1.33. The van der Waals surface area contributed by atoms with Gasteiger partial charge in [-0.3, -0.25) is 9.88 Å². The molecule has 6 heterocycles. The van der Waals surface area contributed by atoms with E-state index in [1.165, 1.54) is 6.20 Å². The van der Waals surface area contributed by atoms with Gasteiger partial charge in [0.2, 0.25) is 5.88 Å². The lowest BCUT2D eigenvalue weighted by atomic mass is 9.95. The van der Waals surface area contributed by atoms with E-state index >= 15 is 4.39 Å². The number of pyridine rings is 1. The van der Waals surface area contributed by atoms with Crippen LogP contribution in [0.1, 0.15) is 62.3 Å². The van der Waals surface area contributed by atoms with Gasteiger partial charge in [0.1, 0.15) is 17.8 Å². The molecule has 0 aliphatic carbocycles. The van der Waals surface area contributed by atoms with E-state index in [0.29, 0.717) is 17.6 Å². The molecule has 1 atom stereocenters. The second kappa shape index (κ2) is 11.1. The first-order chi connectivity index (χ1) is 21.1. The van der Waals surface area contributed by atoms with Crippen molar-refractivity contribution in [3.8, 4) is 23.1 Å². The molecule has 4 aromatic rings. The van der Waals surface area contributed by atoms with Crippen molar-refractivity contribution in [2.24, 2.45) is 0 Å². The fourth-order valence-corrected chi connectivity index (χ4v) is 7.04. The number of ether oxygens (including phenoxy) is 3. The first kappa shape index (κ1) is 29.1. The van der Waals surface area contributed by atoms with Crippen molar-refractivity contribution in [1.29, 1.82) is 0 Å². The van der Waals surface area contributed by atoms with Gasteiger partial charge >= 0.3 is 12.2 Å². The number of fused-ring (bicyclic) bond motifs is 3. The Morgan fingerprint density at radius 1 is 1.02 bits per heavy atom. The van der Waals surface area contributed by atoms with Gasteiger partial charge in [-0.25, -0.2) is 9.07 Å². The average molecular weight is 615 g/mol. The Morgan fingerprint density at radius 2 is 1.82 bits per heavy atom. The number of aryl methyl sites for hydroxylation is 1. The van der Waals surface area contributed by atoms with Crippen LogP contribution in [0.25, 0.3) is 33.1 Å². The van der Waals surface area contributed by atoms with Crippen LogP contribution < -0.4 is 9.47 Å². The van der Waals surface area contributed by atoms with Gasteiger partial charge in [-0.15, -0.1) is 0 Å². The molecule has 1 unspecified atom stereocenters. The van der Waals surface area contributed by atoms with Crippen molar-refractivity contribution in [2.75, 3.05) is 32.9 Å². The minimum absolute atomic E-state index is 0.00980. The molecule has 0 bridgehead atoms. The molecule has 3 fully saturated rings. The number of alkyl halides is 3. The molecular formula is C31H34F4N6O3. The monoisotopic (exact) mass is 614 g/mol. The van der Waals surface area contributed by atoms with Gasteiger partial charge in [0, 0.05) is 23.8 Å². The summed E-state index contributed by atoms with van der Waals surface area (Å²) in [5, 5.41) is 5.22. The first-order valence-corrected chi connectivity index (χ1v) is 15.2. The number of halogens is 4. The average Bonchev–Trinajstić information content (AvgIpc) is 3.71. The van der Waals surface area contributed by atoms with E-state index in [1.807, 2.05) is 24.6 Å². The maximum atomic E-state index is 16.6. The lowest BCUT2D eigenvalue weighted by molar-refractivity contribution is -0.153. The van der Waals surface area contributed by atoms with E-state index in [2.05, 4.69) is 25.0 Å². The molecule has 3 saturated heterocycles. The van der Waals surface area contributed by atoms with E-state index < -0.39 is 24.5 Å². The van der Waals surface area contributed by atoms with Crippen molar-refractivity contribution in [3.63, 3.8) is 0 Å². The van der Waals surface area contributed by atoms with Crippen LogP contribution in [0.4, 0.5) is 17.6 Å². The summed E-state index contributed by atoms with van der Waals surface area (Å²) in [5.74, 6) is -1.23. The summed E-state index contributed by atoms with van der Waals surface area (Å²) >= 11 is 0. The SMILES string of the molecule is Cc1cc2c(cnn2C2CCCCO2)c(-c2ncc3c(OCC(F)(F)F)nc(OCC45CCCN4CCC5)nc3c2F)c1C. The third-order valence-corrected chi connectivity index (χ3v) is 9.37. The third-order valence-electron chi connectivity index (χ3n) is 9.37. The van der Waals surface area contributed by atoms with E-state index in [-0.39, 0.29) is 41.0 Å². The van der Waals surface area contributed by atoms with Gasteiger partial charge in [0.15, 0.2) is 18.7 Å². The number of hydrogen-bond acceptors (Lipinski definition) is 8. The Morgan fingerprint density at radius 3 is 2.55 bits per heavy atom. The third kappa shape index (κ3) is 5.13. The fourth-order valence-electron chi connectivity index (χ4n) is 7.04. The van der Waals surface area contributed by atoms with Crippen LogP contribution in [0.2, 0.25) is 0 Å². The van der Waals surface area contributed by atoms with E-state index in [0.717, 1.165) is 74.7 Å². The molecule has 3 aliphatic heterocycles. The molecule has 0 N–H and O–H groups in total. The van der Waals surface area contributed by atoms with Crippen LogP contribution in [0.15, 0.2) is 18.5 Å². The second-order valence-electron chi connectivity index (χ2n) is 12.1. The molecule has 0 amide bonds. The Labute approximate surface area is 251 Å². The lowest BCUT2D eigenvalue weighted by Gasteiger charge is -2.31. The van der Waals surface area contributed by atoms with Crippen molar-refractivity contribution in [2.45, 2.75) is 76.7 Å². The minimum atomic E-state index is -4.62. The molecular weight excluding hydrogens is 580 g/mol. The maximum absolute atomic E-state index is 16.6. The van der Waals surface area contributed by atoms with Gasteiger partial charge in [-0.05, 0) is 89.1 Å². The summed E-state index contributed by atoms with van der Waals surface area (Å²) in [6, 6.07) is 1.77. The highest BCUT2D eigenvalue weighted by molar-refractivity contribution is 5.98. The van der Waals surface area contributed by atoms with Gasteiger partial charge in [-0.1, -0.05) is 0 Å². The highest BCUT2D eigenvalue weighted by Crippen LogP contribution is 2.41. The van der Waals surface area contributed by atoms with Crippen molar-refractivity contribution < 1.29 is 31.8 Å². The maximum Gasteiger partial charge on any atom is 0.422 e. The number of aromatic nitrogens is 5. The summed E-state index contributed by atoms with van der Waals surface area (Å²) in [4.78, 5) is 15.3. The Hall–Kier alpha value is -3.58. The molecule has 13 heteroatoms. The van der Waals surface area contributed by atoms with E-state index in [9.17, 15) is 13.2 Å². The van der Waals surface area contributed by atoms with Crippen LogP contribution in [0, 0.1) is 19.7 Å². The van der Waals surface area contributed by atoms with Crippen LogP contribution in [-0.2, 0) is 4.74 Å². The fraction of sp³-hybridized carbons (Fsp3) is 0.548. The molecule has 7 rings (SSSR count). The quantitative estimate of drug-likeness (QED) is 0.220. The molecule has 0 saturated carbocycles. The first-order valence-electron chi connectivity index (χ1n) is 15.2. The number of hydrogen-bond donors (Lipinski definition) is 0. The molecule has 0 radical (unpaired) electrons. The molecule has 0 spiro atoms. The summed E-state index contributed by atoms with van der Waals surface area (Å²) in [7, 11) is 0. The largest absolute Gasteiger partial charge is 0.467 e. The van der Waals surface area contributed by atoms with Crippen LogP contribution >= 0.6 is 0 Å². The molecule has 234 valence electrons. The number of benzene rings is 1. The van der Waals surface area contributed by atoms with E-state index in [4.69, 9.17) is 14.2 Å². The van der Waals surface area contributed by atoms with Crippen LogP contribution in [0.5, 0.6) is 11.9 Å². The lowest BCUT2D eigenvalue weighted by Crippen LogP contribution is -2.43. The second-order valence-corrected chi connectivity index (χ2v) is 12.1. The summed E-state index contributed by atoms with van der Waals surface area (Å²) < 4.78 is 75.0. The zero-order valence-corrected chi connectivity index (χ0v) is 24.7. The zero-order chi connectivity index (χ0) is 30.6. The van der Waals surface area contributed by atoms with Crippen LogP contribution in [0.3, 0.4) is 0 Å². The highest BCUT2D eigenvalue weighted by Gasteiger charge is 2.45. The molecule has 3 aromatic heterocycles. The van der Waals surface area contributed by atoms with Gasteiger partial charge in [-0.2, -0.15) is 28.2 Å². The zero-order valence-electron chi connectivity index (χ0n) is 24.7. The molecule has 3 aliphatic rings. The molecule has 44 heavy (non-hydrogen) atoms. The summed E-state index contributed by atoms with van der Waals surface area (Å²) in [6.45, 7) is 5.06. The standard InChI is InChI=1S/C31H34F4N6O3/c1-18-13-22-20(15-37-41(22)23-7-3-4-12-42-23)24(19(18)2)27-25(32)26-21(14-36-27)28(43-17-31(33,34)35)39-29(38-26)44-16-30-8-5-10-40(30)11-6-9-30/h13-15,23H,3-12,16-17H2,1-2H3. The van der Waals surface area contributed by atoms with E-state index in [1.54, 1.807) is 6.20 Å². The van der Waals surface area contributed by atoms with Gasteiger partial charge in [0.25, 0.3) is 0 Å². The van der Waals surface area contributed by atoms with Crippen molar-refractivity contribution in [3.05, 3.63) is 35.4 Å². The van der Waals surface area contributed by atoms with Crippen molar-refractivity contribution >= 4 is 21.8 Å². The number of rotatable bonds is 7. The minimum Gasteiger partial charge on any atom is -0.467 e. The predicted octanol–water partition coefficient (Wildman–Crippen LogP) is 6.44. The normalized spacial score (nSPS) is 20.5. The summed E-state index contributed by atoms with van der Waals surface area (Å²) in [6.07, 6.45) is 4.91. The Kier molecular flexibility index (Phi) is 7.35. The smallest absolute Gasteiger partial charge is 0.422 e. The number of nitrogens with zero attached hydrogens (tertiary/aromatic N) is 6. The van der Waals surface area contributed by atoms with Crippen LogP contribution in [-0.4, -0.2) is 74.3 Å². The topological polar surface area (TPSA) is 87.4 Å². The molecule has 1 aromatic carbocycles. The summed E-state index contributed by atoms with van der Waals surface area (Å²) in [5.41, 5.74) is 2.65.